The number of carboxylic acids is 1. The summed E-state index contributed by atoms with van der Waals surface area (Å²) in [5.41, 5.74) is 6.75. The van der Waals surface area contributed by atoms with Crippen LogP contribution in [0.15, 0.2) is 30.3 Å². The van der Waals surface area contributed by atoms with Crippen LogP contribution >= 0.6 is 7.60 Å². The van der Waals surface area contributed by atoms with E-state index in [1.807, 2.05) is 18.2 Å². The minimum absolute atomic E-state index is 0.0230. The number of aryl methyl sites for hydroxylation is 1. The first-order chi connectivity index (χ1) is 14.8. The van der Waals surface area contributed by atoms with Crippen LogP contribution in [0.2, 0.25) is 0 Å². The third kappa shape index (κ3) is 8.73. The van der Waals surface area contributed by atoms with Crippen molar-refractivity contribution in [2.45, 2.75) is 69.9 Å². The summed E-state index contributed by atoms with van der Waals surface area (Å²) >= 11 is 0. The molecule has 0 spiro atoms. The van der Waals surface area contributed by atoms with Gasteiger partial charge in [-0.15, -0.1) is 0 Å². The fraction of sp³-hybridized carbons (Fsp3) is 0.636. The Hall–Kier alpha value is -1.73. The fourth-order valence-electron chi connectivity index (χ4n) is 3.88. The van der Waals surface area contributed by atoms with E-state index in [9.17, 15) is 24.2 Å². The van der Waals surface area contributed by atoms with Crippen LogP contribution in [-0.4, -0.2) is 58.2 Å². The van der Waals surface area contributed by atoms with Crippen molar-refractivity contribution in [1.29, 1.82) is 0 Å². The highest BCUT2D eigenvalue weighted by molar-refractivity contribution is 7.52. The largest absolute Gasteiger partial charge is 0.480 e. The van der Waals surface area contributed by atoms with Gasteiger partial charge in [-0.2, -0.15) is 0 Å². The van der Waals surface area contributed by atoms with Crippen LogP contribution in [0.3, 0.4) is 0 Å². The van der Waals surface area contributed by atoms with Gasteiger partial charge in [0.05, 0.1) is 6.16 Å². The molecule has 1 saturated heterocycles. The van der Waals surface area contributed by atoms with E-state index >= 15 is 0 Å². The number of carbonyl (C=O) groups is 2. The fourth-order valence-corrected chi connectivity index (χ4v) is 5.20. The Bertz CT molecular complexity index is 745. The average Bonchev–Trinajstić information content (AvgIpc) is 3.23. The van der Waals surface area contributed by atoms with Crippen LogP contribution < -0.4 is 5.73 Å². The second-order valence-electron chi connectivity index (χ2n) is 8.06. The lowest BCUT2D eigenvalue weighted by molar-refractivity contribution is -0.151. The maximum absolute atomic E-state index is 12.9. The SMILES string of the molecule is NCCCC[C@H](OP(=O)(O)CCCCCc1ccccc1)C(=O)N1CCC[C@H]1C(=O)O. The Balaban J connectivity index is 1.87. The number of aliphatic carboxylic acids is 1. The van der Waals surface area contributed by atoms with E-state index in [4.69, 9.17) is 10.3 Å². The quantitative estimate of drug-likeness (QED) is 0.291. The first-order valence-corrected chi connectivity index (χ1v) is 12.9. The molecule has 1 unspecified atom stereocenters. The maximum Gasteiger partial charge on any atom is 0.328 e. The summed E-state index contributed by atoms with van der Waals surface area (Å²) in [6, 6.07) is 9.16. The number of likely N-dealkylation sites (tertiary alicyclic amines) is 1. The zero-order valence-corrected chi connectivity index (χ0v) is 18.9. The van der Waals surface area contributed by atoms with Crippen LogP contribution in [0.4, 0.5) is 0 Å². The number of hydrogen-bond donors (Lipinski definition) is 3. The molecule has 0 aliphatic carbocycles. The molecule has 3 atom stereocenters. The summed E-state index contributed by atoms with van der Waals surface area (Å²) in [4.78, 5) is 36.0. The van der Waals surface area contributed by atoms with E-state index in [-0.39, 0.29) is 12.6 Å². The Morgan fingerprint density at radius 3 is 2.58 bits per heavy atom. The van der Waals surface area contributed by atoms with E-state index in [0.29, 0.717) is 45.2 Å². The van der Waals surface area contributed by atoms with Gasteiger partial charge in [0, 0.05) is 6.54 Å². The van der Waals surface area contributed by atoms with Crippen LogP contribution in [0, 0.1) is 0 Å². The molecule has 0 aromatic heterocycles. The minimum Gasteiger partial charge on any atom is -0.480 e. The summed E-state index contributed by atoms with van der Waals surface area (Å²) in [6.07, 6.45) is 4.41. The molecule has 2 rings (SSSR count). The maximum atomic E-state index is 12.9. The summed E-state index contributed by atoms with van der Waals surface area (Å²) in [5.74, 6) is -1.57. The van der Waals surface area contributed by atoms with Crippen molar-refractivity contribution in [3.63, 3.8) is 0 Å². The number of carboxylic acid groups (broad SMARTS) is 1. The molecule has 1 aromatic carbocycles. The van der Waals surface area contributed by atoms with Crippen LogP contribution in [-0.2, 0) is 25.1 Å². The zero-order chi connectivity index (χ0) is 22.7. The summed E-state index contributed by atoms with van der Waals surface area (Å²) in [7, 11) is -3.97. The van der Waals surface area contributed by atoms with Crippen molar-refractivity contribution < 1.29 is 28.7 Å². The predicted molar refractivity (Wildman–Crippen MR) is 119 cm³/mol. The van der Waals surface area contributed by atoms with Crippen molar-refractivity contribution in [1.82, 2.24) is 4.90 Å². The highest BCUT2D eigenvalue weighted by atomic mass is 31.2. The zero-order valence-electron chi connectivity index (χ0n) is 18.0. The molecule has 31 heavy (non-hydrogen) atoms. The number of nitrogens with zero attached hydrogens (tertiary/aromatic N) is 1. The molecule has 1 aliphatic heterocycles. The lowest BCUT2D eigenvalue weighted by Gasteiger charge is -2.28. The predicted octanol–water partition coefficient (Wildman–Crippen LogP) is 3.17. The van der Waals surface area contributed by atoms with Gasteiger partial charge in [0.1, 0.15) is 12.1 Å². The third-order valence-electron chi connectivity index (χ3n) is 5.56. The average molecular weight is 455 g/mol. The number of benzene rings is 1. The van der Waals surface area contributed by atoms with Crippen molar-refractivity contribution in [3.8, 4) is 0 Å². The molecule has 4 N–H and O–H groups in total. The van der Waals surface area contributed by atoms with Crippen molar-refractivity contribution in [2.24, 2.45) is 5.73 Å². The lowest BCUT2D eigenvalue weighted by atomic mass is 10.1. The van der Waals surface area contributed by atoms with Gasteiger partial charge in [0.15, 0.2) is 0 Å². The van der Waals surface area contributed by atoms with Crippen molar-refractivity contribution in [2.75, 3.05) is 19.3 Å². The minimum atomic E-state index is -3.97. The van der Waals surface area contributed by atoms with Crippen LogP contribution in [0.5, 0.6) is 0 Å². The van der Waals surface area contributed by atoms with Gasteiger partial charge < -0.3 is 20.6 Å². The molecular formula is C22H35N2O6P. The van der Waals surface area contributed by atoms with Crippen LogP contribution in [0.1, 0.15) is 56.9 Å². The summed E-state index contributed by atoms with van der Waals surface area (Å²) < 4.78 is 18.1. The second-order valence-corrected chi connectivity index (χ2v) is 10.00. The molecular weight excluding hydrogens is 419 g/mol. The number of unbranched alkanes of at least 4 members (excludes halogenated alkanes) is 3. The van der Waals surface area contributed by atoms with Gasteiger partial charge in [-0.3, -0.25) is 13.9 Å². The third-order valence-corrected chi connectivity index (χ3v) is 7.02. The standard InChI is InChI=1S/C22H35N2O6P/c23-15-7-6-14-20(21(25)24-16-9-13-19(24)22(26)27)30-31(28,29)17-8-2-5-12-18-10-3-1-4-11-18/h1,3-4,10-11,19-20H,2,5-9,12-17,23H2,(H,26,27)(H,28,29)/t19-,20-/m0/s1. The molecule has 0 bridgehead atoms. The summed E-state index contributed by atoms with van der Waals surface area (Å²) in [5, 5.41) is 9.35. The molecule has 0 radical (unpaired) electrons. The van der Waals surface area contributed by atoms with Crippen molar-refractivity contribution >= 4 is 19.5 Å². The van der Waals surface area contributed by atoms with Gasteiger partial charge in [-0.1, -0.05) is 36.8 Å². The highest BCUT2D eigenvalue weighted by Gasteiger charge is 2.39. The normalized spacial score (nSPS) is 19.2. The monoisotopic (exact) mass is 454 g/mol. The second kappa shape index (κ2) is 13.0. The molecule has 174 valence electrons. The van der Waals surface area contributed by atoms with Gasteiger partial charge in [0.25, 0.3) is 5.91 Å². The van der Waals surface area contributed by atoms with E-state index in [2.05, 4.69) is 12.1 Å². The molecule has 1 aromatic rings. The van der Waals surface area contributed by atoms with Gasteiger partial charge in [-0.25, -0.2) is 4.79 Å². The Morgan fingerprint density at radius 2 is 1.90 bits per heavy atom. The first-order valence-electron chi connectivity index (χ1n) is 11.1. The number of amides is 1. The smallest absolute Gasteiger partial charge is 0.328 e. The Morgan fingerprint density at radius 1 is 1.16 bits per heavy atom. The molecule has 1 fully saturated rings. The number of hydrogen-bond acceptors (Lipinski definition) is 5. The molecule has 8 nitrogen and oxygen atoms in total. The highest BCUT2D eigenvalue weighted by Crippen LogP contribution is 2.45. The number of rotatable bonds is 14. The molecule has 1 aliphatic rings. The van der Waals surface area contributed by atoms with E-state index in [1.165, 1.54) is 10.5 Å². The Labute approximate surface area is 184 Å². The molecule has 0 saturated carbocycles. The topological polar surface area (TPSA) is 130 Å². The number of nitrogens with two attached hydrogens (primary N) is 1. The van der Waals surface area contributed by atoms with Crippen LogP contribution in [0.25, 0.3) is 0 Å². The van der Waals surface area contributed by atoms with E-state index < -0.39 is 31.6 Å². The lowest BCUT2D eigenvalue weighted by Crippen LogP contribution is -2.46. The number of carbonyl (C=O) groups excluding carboxylic acids is 1. The molecule has 1 amide bonds. The van der Waals surface area contributed by atoms with Gasteiger partial charge in [-0.05, 0) is 63.5 Å². The molecule has 1 heterocycles. The van der Waals surface area contributed by atoms with Gasteiger partial charge >= 0.3 is 13.6 Å². The van der Waals surface area contributed by atoms with E-state index in [1.54, 1.807) is 0 Å². The Kier molecular flexibility index (Phi) is 10.7. The van der Waals surface area contributed by atoms with Crippen molar-refractivity contribution in [3.05, 3.63) is 35.9 Å². The first kappa shape index (κ1) is 25.5. The summed E-state index contributed by atoms with van der Waals surface area (Å²) in [6.45, 7) is 0.766. The van der Waals surface area contributed by atoms with E-state index in [0.717, 1.165) is 19.3 Å². The van der Waals surface area contributed by atoms with Gasteiger partial charge in [0.2, 0.25) is 0 Å². The molecule has 9 heteroatoms.